The number of benzene rings is 3. The van der Waals surface area contributed by atoms with Crippen LogP contribution in [0.3, 0.4) is 0 Å². The second-order valence-electron chi connectivity index (χ2n) is 8.72. The van der Waals surface area contributed by atoms with Crippen molar-refractivity contribution in [1.29, 1.82) is 0 Å². The molecule has 3 aromatic rings. The molecule has 1 amide bonds. The summed E-state index contributed by atoms with van der Waals surface area (Å²) < 4.78 is 17.8. The summed E-state index contributed by atoms with van der Waals surface area (Å²) >= 11 is 0. The number of aryl methyl sites for hydroxylation is 1. The van der Waals surface area contributed by atoms with Gasteiger partial charge in [0.15, 0.2) is 5.60 Å². The maximum Gasteiger partial charge on any atom is 0.340 e. The maximum absolute atomic E-state index is 12.9. The molecular weight excluding hydrogens is 418 g/mol. The van der Waals surface area contributed by atoms with E-state index in [1.807, 2.05) is 66.4 Å². The maximum atomic E-state index is 12.9. The number of morpholine rings is 1. The first kappa shape index (κ1) is 20.0. The van der Waals surface area contributed by atoms with Gasteiger partial charge in [-0.15, -0.1) is 0 Å². The highest BCUT2D eigenvalue weighted by Gasteiger charge is 2.53. The van der Waals surface area contributed by atoms with E-state index in [-0.39, 0.29) is 18.3 Å². The quantitative estimate of drug-likeness (QED) is 0.563. The number of nitrogens with zero attached hydrogens (tertiary/aromatic N) is 1. The van der Waals surface area contributed by atoms with Crippen LogP contribution in [-0.2, 0) is 26.3 Å². The largest absolute Gasteiger partial charge is 0.456 e. The predicted molar refractivity (Wildman–Crippen MR) is 121 cm³/mol. The molecule has 1 fully saturated rings. The van der Waals surface area contributed by atoms with E-state index in [0.29, 0.717) is 43.4 Å². The van der Waals surface area contributed by atoms with E-state index in [0.717, 1.165) is 27.8 Å². The molecule has 3 heterocycles. The Morgan fingerprint density at radius 1 is 0.939 bits per heavy atom. The summed E-state index contributed by atoms with van der Waals surface area (Å²) in [7, 11) is 0. The van der Waals surface area contributed by atoms with Crippen LogP contribution in [0.1, 0.15) is 38.2 Å². The van der Waals surface area contributed by atoms with Gasteiger partial charge in [0.2, 0.25) is 5.91 Å². The van der Waals surface area contributed by atoms with Gasteiger partial charge in [0.1, 0.15) is 11.5 Å². The first-order valence-corrected chi connectivity index (χ1v) is 11.2. The number of hydrogen-bond acceptors (Lipinski definition) is 5. The highest BCUT2D eigenvalue weighted by atomic mass is 16.6. The zero-order valence-corrected chi connectivity index (χ0v) is 18.3. The van der Waals surface area contributed by atoms with Crippen molar-refractivity contribution in [3.8, 4) is 11.5 Å². The Labute approximate surface area is 191 Å². The molecule has 0 saturated carbocycles. The molecule has 0 N–H and O–H groups in total. The number of rotatable bonds is 2. The molecule has 1 atom stereocenters. The van der Waals surface area contributed by atoms with E-state index >= 15 is 0 Å². The summed E-state index contributed by atoms with van der Waals surface area (Å²) in [6.07, 6.45) is 0.278. The molecule has 1 spiro atoms. The lowest BCUT2D eigenvalue weighted by Gasteiger charge is -2.37. The van der Waals surface area contributed by atoms with Crippen molar-refractivity contribution in [3.63, 3.8) is 0 Å². The first-order chi connectivity index (χ1) is 16.1. The second-order valence-corrected chi connectivity index (χ2v) is 8.72. The highest BCUT2D eigenvalue weighted by Crippen LogP contribution is 2.56. The Kier molecular flexibility index (Phi) is 4.52. The monoisotopic (exact) mass is 441 g/mol. The Hall–Kier alpha value is -3.64. The van der Waals surface area contributed by atoms with Crippen LogP contribution in [0.4, 0.5) is 0 Å². The standard InChI is InChI=1S/C27H23NO5/c1-17-6-8-21-23(14-17)32-24-15-18(16-25(29)28-10-12-31-13-11-28)7-9-22(24)27(21)20-5-3-2-4-19(20)26(30)33-27/h2-9,14-15H,10-13,16H2,1H3. The molecular formula is C27H23NO5. The normalized spacial score (nSPS) is 20.5. The van der Waals surface area contributed by atoms with Gasteiger partial charge in [-0.1, -0.05) is 42.5 Å². The van der Waals surface area contributed by atoms with Gasteiger partial charge in [0.25, 0.3) is 0 Å². The van der Waals surface area contributed by atoms with Gasteiger partial charge in [0, 0.05) is 29.8 Å². The average molecular weight is 441 g/mol. The Balaban J connectivity index is 1.46. The third-order valence-electron chi connectivity index (χ3n) is 6.65. The minimum Gasteiger partial charge on any atom is -0.456 e. The number of fused-ring (bicyclic) bond motifs is 6. The van der Waals surface area contributed by atoms with Gasteiger partial charge >= 0.3 is 5.97 Å². The predicted octanol–water partition coefficient (Wildman–Crippen LogP) is 3.96. The van der Waals surface area contributed by atoms with Crippen LogP contribution in [0.15, 0.2) is 60.7 Å². The van der Waals surface area contributed by atoms with E-state index in [1.54, 1.807) is 6.07 Å². The van der Waals surface area contributed by atoms with Crippen molar-refractivity contribution < 1.29 is 23.8 Å². The van der Waals surface area contributed by atoms with E-state index in [4.69, 9.17) is 14.2 Å². The second kappa shape index (κ2) is 7.46. The molecule has 0 aromatic heterocycles. The molecule has 3 aliphatic rings. The summed E-state index contributed by atoms with van der Waals surface area (Å²) in [5.74, 6) is 0.975. The van der Waals surface area contributed by atoms with Crippen LogP contribution in [0.2, 0.25) is 0 Å². The minimum atomic E-state index is -1.07. The van der Waals surface area contributed by atoms with Gasteiger partial charge in [-0.25, -0.2) is 4.79 Å². The number of amides is 1. The van der Waals surface area contributed by atoms with Crippen LogP contribution < -0.4 is 4.74 Å². The lowest BCUT2D eigenvalue weighted by Crippen LogP contribution is -2.41. The average Bonchev–Trinajstić information content (AvgIpc) is 3.12. The lowest BCUT2D eigenvalue weighted by atomic mass is 9.77. The van der Waals surface area contributed by atoms with Gasteiger partial charge in [-0.3, -0.25) is 4.79 Å². The Bertz CT molecular complexity index is 1290. The molecule has 6 heteroatoms. The molecule has 3 aliphatic heterocycles. The summed E-state index contributed by atoms with van der Waals surface area (Å²) in [5, 5.41) is 0. The van der Waals surface area contributed by atoms with Crippen LogP contribution in [0.25, 0.3) is 0 Å². The summed E-state index contributed by atoms with van der Waals surface area (Å²) in [5.41, 5.74) is 3.76. The Morgan fingerprint density at radius 2 is 1.67 bits per heavy atom. The number of hydrogen-bond donors (Lipinski definition) is 0. The minimum absolute atomic E-state index is 0.0673. The van der Waals surface area contributed by atoms with E-state index in [2.05, 4.69) is 0 Å². The van der Waals surface area contributed by atoms with Gasteiger partial charge < -0.3 is 19.1 Å². The number of carbonyl (C=O) groups is 2. The fraction of sp³-hybridized carbons (Fsp3) is 0.259. The Morgan fingerprint density at radius 3 is 2.48 bits per heavy atom. The van der Waals surface area contributed by atoms with E-state index in [9.17, 15) is 9.59 Å². The van der Waals surface area contributed by atoms with Gasteiger partial charge in [-0.05, 0) is 36.2 Å². The zero-order valence-electron chi connectivity index (χ0n) is 18.3. The van der Waals surface area contributed by atoms with Crippen molar-refractivity contribution >= 4 is 11.9 Å². The molecule has 1 saturated heterocycles. The third-order valence-corrected chi connectivity index (χ3v) is 6.65. The van der Waals surface area contributed by atoms with Crippen LogP contribution in [0, 0.1) is 6.92 Å². The molecule has 0 radical (unpaired) electrons. The molecule has 6 nitrogen and oxygen atoms in total. The molecule has 3 aromatic carbocycles. The first-order valence-electron chi connectivity index (χ1n) is 11.2. The molecule has 33 heavy (non-hydrogen) atoms. The van der Waals surface area contributed by atoms with Crippen molar-refractivity contribution in [2.75, 3.05) is 26.3 Å². The fourth-order valence-corrected chi connectivity index (χ4v) is 5.04. The van der Waals surface area contributed by atoms with Crippen LogP contribution >= 0.6 is 0 Å². The molecule has 166 valence electrons. The number of esters is 1. The van der Waals surface area contributed by atoms with Crippen molar-refractivity contribution in [3.05, 3.63) is 94.0 Å². The molecule has 1 unspecified atom stereocenters. The topological polar surface area (TPSA) is 65.1 Å². The summed E-state index contributed by atoms with van der Waals surface area (Å²) in [6.45, 7) is 4.37. The smallest absolute Gasteiger partial charge is 0.340 e. The van der Waals surface area contributed by atoms with Crippen LogP contribution in [-0.4, -0.2) is 43.1 Å². The van der Waals surface area contributed by atoms with Crippen molar-refractivity contribution in [2.45, 2.75) is 18.9 Å². The molecule has 0 aliphatic carbocycles. The SMILES string of the molecule is Cc1ccc2c(c1)Oc1cc(CC(=O)N3CCOCC3)ccc1C21OC(=O)c2ccccc21. The summed E-state index contributed by atoms with van der Waals surface area (Å²) in [6, 6.07) is 19.2. The molecule has 0 bridgehead atoms. The van der Waals surface area contributed by atoms with Crippen molar-refractivity contribution in [2.24, 2.45) is 0 Å². The zero-order chi connectivity index (χ0) is 22.6. The summed E-state index contributed by atoms with van der Waals surface area (Å²) in [4.78, 5) is 27.5. The van der Waals surface area contributed by atoms with Gasteiger partial charge in [-0.2, -0.15) is 0 Å². The van der Waals surface area contributed by atoms with Crippen molar-refractivity contribution in [1.82, 2.24) is 4.90 Å². The van der Waals surface area contributed by atoms with E-state index in [1.165, 1.54) is 0 Å². The van der Waals surface area contributed by atoms with Gasteiger partial charge in [0.05, 0.1) is 25.2 Å². The van der Waals surface area contributed by atoms with E-state index < -0.39 is 5.60 Å². The number of carbonyl (C=O) groups excluding carboxylic acids is 2. The molecule has 6 rings (SSSR count). The fourth-order valence-electron chi connectivity index (χ4n) is 5.04. The highest BCUT2D eigenvalue weighted by molar-refractivity contribution is 5.97. The van der Waals surface area contributed by atoms with Crippen LogP contribution in [0.5, 0.6) is 11.5 Å². The lowest BCUT2D eigenvalue weighted by molar-refractivity contribution is -0.134. The number of ether oxygens (including phenoxy) is 3. The third kappa shape index (κ3) is 3.05.